The van der Waals surface area contributed by atoms with E-state index < -0.39 is 28.0 Å². The number of rotatable bonds is 7. The second-order valence-electron chi connectivity index (χ2n) is 5.65. The van der Waals surface area contributed by atoms with E-state index in [0.717, 1.165) is 17.9 Å². The predicted molar refractivity (Wildman–Crippen MR) is 93.4 cm³/mol. The molecule has 1 aromatic rings. The average Bonchev–Trinajstić information content (AvgIpc) is 2.52. The van der Waals surface area contributed by atoms with Gasteiger partial charge < -0.3 is 10.5 Å². The van der Waals surface area contributed by atoms with Gasteiger partial charge in [0.2, 0.25) is 0 Å². The van der Waals surface area contributed by atoms with Crippen LogP contribution in [0.2, 0.25) is 0 Å². The van der Waals surface area contributed by atoms with E-state index in [9.17, 15) is 23.3 Å². The number of hydrogen-bond donors (Lipinski definition) is 1. The Morgan fingerprint density at radius 1 is 1.44 bits per heavy atom. The first-order chi connectivity index (χ1) is 11.5. The van der Waals surface area contributed by atoms with Gasteiger partial charge in [-0.2, -0.15) is 24.9 Å². The van der Waals surface area contributed by atoms with Crippen LogP contribution >= 0.6 is 11.8 Å². The standard InChI is InChI=1S/C16H21F3N2O3S/c1-5-25-9-15(3,24-4)14(20)8-11-7-13(21(22)23)12(6-10(11)2)16(17,18)19/h6-8H,5,9,20H2,1-4H3/b14-8-. The minimum absolute atomic E-state index is 0.238. The van der Waals surface area contributed by atoms with Crippen LogP contribution in [0.25, 0.3) is 6.08 Å². The highest BCUT2D eigenvalue weighted by molar-refractivity contribution is 7.99. The summed E-state index contributed by atoms with van der Waals surface area (Å²) in [5, 5.41) is 11.0. The van der Waals surface area contributed by atoms with E-state index >= 15 is 0 Å². The number of aryl methyl sites for hydroxylation is 1. The van der Waals surface area contributed by atoms with E-state index in [2.05, 4.69) is 0 Å². The summed E-state index contributed by atoms with van der Waals surface area (Å²) < 4.78 is 44.4. The number of nitro benzene ring substituents is 1. The van der Waals surface area contributed by atoms with Crippen LogP contribution in [0.15, 0.2) is 17.8 Å². The molecule has 1 rings (SSSR count). The van der Waals surface area contributed by atoms with E-state index in [1.165, 1.54) is 20.1 Å². The van der Waals surface area contributed by atoms with E-state index in [-0.39, 0.29) is 16.8 Å². The Balaban J connectivity index is 3.43. The molecule has 0 aliphatic rings. The van der Waals surface area contributed by atoms with Crippen molar-refractivity contribution in [1.82, 2.24) is 0 Å². The number of nitrogens with zero attached hydrogens (tertiary/aromatic N) is 1. The Bertz CT molecular complexity index is 677. The largest absolute Gasteiger partial charge is 0.423 e. The summed E-state index contributed by atoms with van der Waals surface area (Å²) in [4.78, 5) is 9.99. The lowest BCUT2D eigenvalue weighted by molar-refractivity contribution is -0.388. The minimum Gasteiger partial charge on any atom is -0.400 e. The third-order valence-corrected chi connectivity index (χ3v) is 5.00. The molecule has 0 bridgehead atoms. The molecular weight excluding hydrogens is 357 g/mol. The van der Waals surface area contributed by atoms with Crippen molar-refractivity contribution in [3.63, 3.8) is 0 Å². The van der Waals surface area contributed by atoms with Crippen molar-refractivity contribution in [2.45, 2.75) is 32.5 Å². The van der Waals surface area contributed by atoms with E-state index in [0.29, 0.717) is 5.75 Å². The number of nitrogens with two attached hydrogens (primary N) is 1. The Morgan fingerprint density at radius 3 is 2.48 bits per heavy atom. The molecule has 0 heterocycles. The van der Waals surface area contributed by atoms with Gasteiger partial charge >= 0.3 is 6.18 Å². The van der Waals surface area contributed by atoms with Gasteiger partial charge in [-0.15, -0.1) is 0 Å². The first kappa shape index (κ1) is 21.3. The first-order valence-corrected chi connectivity index (χ1v) is 8.58. The zero-order chi connectivity index (χ0) is 19.4. The molecule has 0 spiro atoms. The fraction of sp³-hybridized carbons (Fsp3) is 0.500. The topological polar surface area (TPSA) is 78.4 Å². The molecule has 0 saturated heterocycles. The van der Waals surface area contributed by atoms with Gasteiger partial charge in [-0.1, -0.05) is 6.92 Å². The zero-order valence-electron chi connectivity index (χ0n) is 14.4. The molecule has 25 heavy (non-hydrogen) atoms. The van der Waals surface area contributed by atoms with Crippen molar-refractivity contribution < 1.29 is 22.8 Å². The quantitative estimate of drug-likeness (QED) is 0.563. The summed E-state index contributed by atoms with van der Waals surface area (Å²) in [5.41, 5.74) is 3.75. The zero-order valence-corrected chi connectivity index (χ0v) is 15.3. The van der Waals surface area contributed by atoms with E-state index in [1.807, 2.05) is 6.92 Å². The van der Waals surface area contributed by atoms with E-state index in [1.54, 1.807) is 18.7 Å². The Hall–Kier alpha value is -1.74. The number of halogens is 3. The van der Waals surface area contributed by atoms with Crippen LogP contribution in [0.3, 0.4) is 0 Å². The third-order valence-electron chi connectivity index (χ3n) is 3.84. The highest BCUT2D eigenvalue weighted by Gasteiger charge is 2.39. The van der Waals surface area contributed by atoms with Gasteiger partial charge in [-0.3, -0.25) is 10.1 Å². The van der Waals surface area contributed by atoms with Crippen molar-refractivity contribution in [3.05, 3.63) is 44.6 Å². The first-order valence-electron chi connectivity index (χ1n) is 7.43. The Kier molecular flexibility index (Phi) is 6.90. The lowest BCUT2D eigenvalue weighted by atomic mass is 9.98. The molecule has 0 amide bonds. The molecule has 140 valence electrons. The van der Waals surface area contributed by atoms with Gasteiger partial charge in [-0.25, -0.2) is 0 Å². The van der Waals surface area contributed by atoms with Crippen molar-refractivity contribution >= 4 is 23.5 Å². The van der Waals surface area contributed by atoms with Crippen molar-refractivity contribution in [1.29, 1.82) is 0 Å². The molecule has 1 atom stereocenters. The molecule has 1 unspecified atom stereocenters. The molecule has 0 aliphatic carbocycles. The second-order valence-corrected chi connectivity index (χ2v) is 6.93. The normalized spacial score (nSPS) is 15.1. The molecule has 5 nitrogen and oxygen atoms in total. The Labute approximate surface area is 148 Å². The molecule has 0 aromatic heterocycles. The van der Waals surface area contributed by atoms with Gasteiger partial charge in [0.05, 0.1) is 4.92 Å². The molecular formula is C16H21F3N2O3S. The lowest BCUT2D eigenvalue weighted by Crippen LogP contribution is -2.37. The fourth-order valence-electron chi connectivity index (χ4n) is 2.12. The molecule has 0 fully saturated rings. The number of hydrogen-bond acceptors (Lipinski definition) is 5. The lowest BCUT2D eigenvalue weighted by Gasteiger charge is -2.28. The molecule has 9 heteroatoms. The average molecular weight is 378 g/mol. The number of methoxy groups -OCH3 is 1. The van der Waals surface area contributed by atoms with Crippen LogP contribution in [0.1, 0.15) is 30.5 Å². The summed E-state index contributed by atoms with van der Waals surface area (Å²) in [6.07, 6.45) is -3.37. The Morgan fingerprint density at radius 2 is 2.04 bits per heavy atom. The monoisotopic (exact) mass is 378 g/mol. The van der Waals surface area contributed by atoms with Gasteiger partial charge in [0.25, 0.3) is 5.69 Å². The third kappa shape index (κ3) is 5.12. The van der Waals surface area contributed by atoms with E-state index in [4.69, 9.17) is 10.5 Å². The predicted octanol–water partition coefficient (Wildman–Crippen LogP) is 4.38. The second kappa shape index (κ2) is 8.09. The molecule has 1 aromatic carbocycles. The molecule has 0 radical (unpaired) electrons. The van der Waals surface area contributed by atoms with Crippen molar-refractivity contribution in [2.24, 2.45) is 5.73 Å². The maximum Gasteiger partial charge on any atom is 0.423 e. The molecule has 2 N–H and O–H groups in total. The maximum atomic E-state index is 13.0. The molecule has 0 saturated carbocycles. The van der Waals surface area contributed by atoms with Crippen LogP contribution in [0.5, 0.6) is 0 Å². The van der Waals surface area contributed by atoms with Crippen LogP contribution < -0.4 is 5.73 Å². The smallest absolute Gasteiger partial charge is 0.400 e. The minimum atomic E-state index is -4.81. The number of nitro groups is 1. The molecule has 0 aliphatic heterocycles. The maximum absolute atomic E-state index is 13.0. The number of ether oxygens (including phenoxy) is 1. The summed E-state index contributed by atoms with van der Waals surface area (Å²) >= 11 is 1.59. The van der Waals surface area contributed by atoms with Crippen LogP contribution in [-0.4, -0.2) is 29.1 Å². The fourth-order valence-corrected chi connectivity index (χ4v) is 3.00. The van der Waals surface area contributed by atoms with Gasteiger partial charge in [0, 0.05) is 24.6 Å². The number of benzene rings is 1. The van der Waals surface area contributed by atoms with Gasteiger partial charge in [0.1, 0.15) is 11.2 Å². The van der Waals surface area contributed by atoms with Crippen LogP contribution in [-0.2, 0) is 10.9 Å². The number of thioether (sulfide) groups is 1. The SMILES string of the molecule is CCSCC(C)(OC)/C(N)=C/c1cc([N+](=O)[O-])c(C(F)(F)F)cc1C. The van der Waals surface area contributed by atoms with Crippen molar-refractivity contribution in [2.75, 3.05) is 18.6 Å². The summed E-state index contributed by atoms with van der Waals surface area (Å²) in [6.45, 7) is 5.18. The number of alkyl halides is 3. The van der Waals surface area contributed by atoms with Gasteiger partial charge in [0.15, 0.2) is 0 Å². The summed E-state index contributed by atoms with van der Waals surface area (Å²) in [6, 6.07) is 1.66. The van der Waals surface area contributed by atoms with Crippen LogP contribution in [0, 0.1) is 17.0 Å². The highest BCUT2D eigenvalue weighted by atomic mass is 32.2. The van der Waals surface area contributed by atoms with Gasteiger partial charge in [-0.05, 0) is 42.9 Å². The summed E-state index contributed by atoms with van der Waals surface area (Å²) in [5.74, 6) is 1.39. The van der Waals surface area contributed by atoms with Crippen LogP contribution in [0.4, 0.5) is 18.9 Å². The summed E-state index contributed by atoms with van der Waals surface area (Å²) in [7, 11) is 1.49. The van der Waals surface area contributed by atoms with Crippen molar-refractivity contribution in [3.8, 4) is 0 Å². The highest BCUT2D eigenvalue weighted by Crippen LogP contribution is 2.38.